The zero-order valence-electron chi connectivity index (χ0n) is 19.1. The molecule has 1 aromatic rings. The quantitative estimate of drug-likeness (QED) is 0.504. The first-order valence-electron chi connectivity index (χ1n) is 10.8. The van der Waals surface area contributed by atoms with Gasteiger partial charge in [0, 0.05) is 30.9 Å². The zero-order chi connectivity index (χ0) is 23.2. The maximum Gasteiger partial charge on any atom is 0.336 e. The minimum absolute atomic E-state index is 0.0153. The van der Waals surface area contributed by atoms with E-state index in [0.29, 0.717) is 43.8 Å². The summed E-state index contributed by atoms with van der Waals surface area (Å²) in [4.78, 5) is 39.5. The summed E-state index contributed by atoms with van der Waals surface area (Å²) >= 11 is 0. The summed E-state index contributed by atoms with van der Waals surface area (Å²) in [6.07, 6.45) is 0.631. The molecule has 1 aliphatic rings. The smallest absolute Gasteiger partial charge is 0.336 e. The largest absolute Gasteiger partial charge is 0.458 e. The first kappa shape index (κ1) is 24.7. The Labute approximate surface area is 184 Å². The molecule has 0 saturated carbocycles. The summed E-state index contributed by atoms with van der Waals surface area (Å²) in [5.74, 6) is -0.841. The molecule has 8 nitrogen and oxygen atoms in total. The van der Waals surface area contributed by atoms with Crippen molar-refractivity contribution in [1.29, 1.82) is 0 Å². The maximum absolute atomic E-state index is 12.8. The number of nitrogens with zero attached hydrogens (tertiary/aromatic N) is 1. The van der Waals surface area contributed by atoms with Gasteiger partial charge in [-0.1, -0.05) is 0 Å². The molecule has 1 fully saturated rings. The van der Waals surface area contributed by atoms with Crippen molar-refractivity contribution in [3.05, 3.63) is 29.8 Å². The van der Waals surface area contributed by atoms with E-state index < -0.39 is 17.7 Å². The van der Waals surface area contributed by atoms with Gasteiger partial charge < -0.3 is 25.4 Å². The van der Waals surface area contributed by atoms with E-state index in [2.05, 4.69) is 5.32 Å². The molecule has 0 aromatic heterocycles. The van der Waals surface area contributed by atoms with Crippen molar-refractivity contribution in [3.8, 4) is 0 Å². The Kier molecular flexibility index (Phi) is 8.44. The number of benzene rings is 1. The number of hydrogen-bond acceptors (Lipinski definition) is 6. The summed E-state index contributed by atoms with van der Waals surface area (Å²) in [5, 5.41) is 2.74. The fourth-order valence-corrected chi connectivity index (χ4v) is 3.61. The topological polar surface area (TPSA) is 111 Å². The number of likely N-dealkylation sites (tertiary alicyclic amines) is 1. The van der Waals surface area contributed by atoms with Crippen molar-refractivity contribution in [1.82, 2.24) is 10.2 Å². The lowest BCUT2D eigenvalue weighted by Gasteiger charge is -2.36. The number of ether oxygens (including phenoxy) is 2. The van der Waals surface area contributed by atoms with E-state index in [1.54, 1.807) is 36.1 Å². The Morgan fingerprint density at radius 2 is 1.74 bits per heavy atom. The van der Waals surface area contributed by atoms with Gasteiger partial charge in [-0.05, 0) is 77.6 Å². The van der Waals surface area contributed by atoms with Crippen molar-refractivity contribution >= 4 is 23.5 Å². The molecule has 0 radical (unpaired) electrons. The molecule has 2 rings (SSSR count). The van der Waals surface area contributed by atoms with Crippen LogP contribution in [0.3, 0.4) is 0 Å². The second-order valence-electron chi connectivity index (χ2n) is 8.89. The molecule has 3 N–H and O–H groups in total. The molecular formula is C23H35N3O5. The molecule has 2 amide bonds. The fraction of sp³-hybridized carbons (Fsp3) is 0.609. The lowest BCUT2D eigenvalue weighted by molar-refractivity contribution is -0.173. The highest BCUT2D eigenvalue weighted by atomic mass is 16.6. The molecule has 1 aromatic carbocycles. The maximum atomic E-state index is 12.8. The van der Waals surface area contributed by atoms with Crippen LogP contribution < -0.4 is 11.1 Å². The van der Waals surface area contributed by atoms with Gasteiger partial charge in [0.15, 0.2) is 6.10 Å². The number of carbonyl (C=O) groups is 3. The molecule has 0 spiro atoms. The standard InChI is InChI=1S/C23H35N3O5/c1-6-30-19(22(29)31-23(3,4)5)16-11-13-26(14-12-16)21(28)15(2)25-20(27)17-7-9-18(24)10-8-17/h7-10,15-16,19H,6,11-14,24H2,1-5H3,(H,25,27)/t15-,19-/m0/s1. The van der Waals surface area contributed by atoms with Crippen molar-refractivity contribution in [3.63, 3.8) is 0 Å². The molecule has 172 valence electrons. The van der Waals surface area contributed by atoms with E-state index >= 15 is 0 Å². The Hall–Kier alpha value is -2.61. The number of amides is 2. The molecule has 0 bridgehead atoms. The van der Waals surface area contributed by atoms with E-state index in [4.69, 9.17) is 15.2 Å². The zero-order valence-corrected chi connectivity index (χ0v) is 19.1. The third kappa shape index (κ3) is 7.24. The fourth-order valence-electron chi connectivity index (χ4n) is 3.61. The normalized spacial score (nSPS) is 17.0. The lowest BCUT2D eigenvalue weighted by atomic mass is 9.90. The molecule has 1 saturated heterocycles. The number of hydrogen-bond donors (Lipinski definition) is 2. The van der Waals surface area contributed by atoms with Gasteiger partial charge in [0.25, 0.3) is 5.91 Å². The van der Waals surface area contributed by atoms with Crippen LogP contribution in [-0.2, 0) is 19.1 Å². The van der Waals surface area contributed by atoms with Crippen LogP contribution >= 0.6 is 0 Å². The predicted molar refractivity (Wildman–Crippen MR) is 118 cm³/mol. The Morgan fingerprint density at radius 1 is 1.16 bits per heavy atom. The van der Waals surface area contributed by atoms with E-state index in [1.807, 2.05) is 27.7 Å². The first-order valence-corrected chi connectivity index (χ1v) is 10.8. The van der Waals surface area contributed by atoms with Crippen LogP contribution in [0.5, 0.6) is 0 Å². The first-order chi connectivity index (χ1) is 14.5. The van der Waals surface area contributed by atoms with Gasteiger partial charge in [0.2, 0.25) is 5.91 Å². The van der Waals surface area contributed by atoms with Crippen LogP contribution in [0.25, 0.3) is 0 Å². The van der Waals surface area contributed by atoms with Crippen LogP contribution in [0.2, 0.25) is 0 Å². The second kappa shape index (κ2) is 10.6. The number of carbonyl (C=O) groups excluding carboxylic acids is 3. The molecule has 1 aliphatic heterocycles. The minimum atomic E-state index is -0.657. The Balaban J connectivity index is 1.91. The molecular weight excluding hydrogens is 398 g/mol. The number of piperidine rings is 1. The van der Waals surface area contributed by atoms with Crippen LogP contribution in [-0.4, -0.2) is 60.1 Å². The van der Waals surface area contributed by atoms with Gasteiger partial charge in [-0.25, -0.2) is 4.79 Å². The molecule has 8 heteroatoms. The average Bonchev–Trinajstić information content (AvgIpc) is 2.70. The summed E-state index contributed by atoms with van der Waals surface area (Å²) in [6, 6.07) is 5.88. The van der Waals surface area contributed by atoms with E-state index in [9.17, 15) is 14.4 Å². The van der Waals surface area contributed by atoms with Gasteiger partial charge in [0.1, 0.15) is 11.6 Å². The van der Waals surface area contributed by atoms with Crippen molar-refractivity contribution < 1.29 is 23.9 Å². The van der Waals surface area contributed by atoms with Crippen molar-refractivity contribution in [2.24, 2.45) is 5.92 Å². The highest BCUT2D eigenvalue weighted by Gasteiger charge is 2.36. The number of esters is 1. The van der Waals surface area contributed by atoms with E-state index in [1.165, 1.54) is 0 Å². The summed E-state index contributed by atoms with van der Waals surface area (Å²) in [7, 11) is 0. The van der Waals surface area contributed by atoms with Crippen LogP contribution in [0, 0.1) is 5.92 Å². The number of nitrogen functional groups attached to an aromatic ring is 1. The van der Waals surface area contributed by atoms with Crippen LogP contribution in [0.4, 0.5) is 5.69 Å². The third-order valence-electron chi connectivity index (χ3n) is 5.16. The number of rotatable bonds is 7. The molecule has 31 heavy (non-hydrogen) atoms. The van der Waals surface area contributed by atoms with Gasteiger partial charge in [-0.15, -0.1) is 0 Å². The third-order valence-corrected chi connectivity index (χ3v) is 5.16. The van der Waals surface area contributed by atoms with Crippen molar-refractivity contribution in [2.75, 3.05) is 25.4 Å². The van der Waals surface area contributed by atoms with E-state index in [0.717, 1.165) is 0 Å². The minimum Gasteiger partial charge on any atom is -0.458 e. The molecule has 0 unspecified atom stereocenters. The van der Waals surface area contributed by atoms with Crippen LogP contribution in [0.15, 0.2) is 24.3 Å². The number of nitrogens with one attached hydrogen (secondary N) is 1. The van der Waals surface area contributed by atoms with Gasteiger partial charge in [-0.3, -0.25) is 9.59 Å². The molecule has 0 aliphatic carbocycles. The highest BCUT2D eigenvalue weighted by Crippen LogP contribution is 2.25. The van der Waals surface area contributed by atoms with Crippen LogP contribution in [0.1, 0.15) is 57.8 Å². The lowest BCUT2D eigenvalue weighted by Crippen LogP contribution is -2.51. The molecule has 1 heterocycles. The number of nitrogens with two attached hydrogens (primary N) is 1. The number of anilines is 1. The Bertz CT molecular complexity index is 764. The van der Waals surface area contributed by atoms with Gasteiger partial charge >= 0.3 is 5.97 Å². The highest BCUT2D eigenvalue weighted by molar-refractivity contribution is 5.97. The van der Waals surface area contributed by atoms with Gasteiger partial charge in [0.05, 0.1) is 0 Å². The monoisotopic (exact) mass is 433 g/mol. The summed E-state index contributed by atoms with van der Waals surface area (Å²) < 4.78 is 11.2. The van der Waals surface area contributed by atoms with E-state index in [-0.39, 0.29) is 23.7 Å². The summed E-state index contributed by atoms with van der Waals surface area (Å²) in [5.41, 5.74) is 6.08. The van der Waals surface area contributed by atoms with Gasteiger partial charge in [-0.2, -0.15) is 0 Å². The average molecular weight is 434 g/mol. The Morgan fingerprint density at radius 3 is 2.26 bits per heavy atom. The predicted octanol–water partition coefficient (Wildman–Crippen LogP) is 2.37. The van der Waals surface area contributed by atoms with Crippen molar-refractivity contribution in [2.45, 2.75) is 65.2 Å². The molecule has 2 atom stereocenters. The summed E-state index contributed by atoms with van der Waals surface area (Å²) in [6.45, 7) is 10.4. The second-order valence-corrected chi connectivity index (χ2v) is 8.89. The SMILES string of the molecule is CCO[C@H](C(=O)OC(C)(C)C)C1CCN(C(=O)[C@H](C)NC(=O)c2ccc(N)cc2)CC1.